The maximum Gasteiger partial charge on any atom is 0.136 e. The minimum atomic E-state index is 0.335. The van der Waals surface area contributed by atoms with Crippen molar-refractivity contribution in [2.45, 2.75) is 47.6 Å². The van der Waals surface area contributed by atoms with Crippen molar-refractivity contribution in [3.05, 3.63) is 35.7 Å². The predicted molar refractivity (Wildman–Crippen MR) is 104 cm³/mol. The molecule has 0 aliphatic heterocycles. The van der Waals surface area contributed by atoms with Gasteiger partial charge in [-0.3, -0.25) is 0 Å². The summed E-state index contributed by atoms with van der Waals surface area (Å²) >= 11 is 0. The van der Waals surface area contributed by atoms with Crippen LogP contribution in [0.4, 0.5) is 23.0 Å². The van der Waals surface area contributed by atoms with Crippen LogP contribution in [0.3, 0.4) is 0 Å². The van der Waals surface area contributed by atoms with E-state index in [1.54, 1.807) is 0 Å². The fourth-order valence-corrected chi connectivity index (χ4v) is 2.71. The number of hydrogen-bond donors (Lipinski definition) is 2. The second kappa shape index (κ2) is 7.99. The standard InChI is InChI=1S/C19H29N5/c1-7-24(8-2)16-9-10-17(14(5)11-16)23-19-12-18(20-13(3)4)21-15(6)22-19/h9-13H,7-8H2,1-6H3,(H2,20,21,22,23). The summed E-state index contributed by atoms with van der Waals surface area (Å²) in [6, 6.07) is 8.78. The van der Waals surface area contributed by atoms with Crippen molar-refractivity contribution >= 4 is 23.0 Å². The molecule has 0 aliphatic rings. The highest BCUT2D eigenvalue weighted by atomic mass is 15.1. The number of hydrogen-bond acceptors (Lipinski definition) is 5. The number of nitrogens with zero attached hydrogens (tertiary/aromatic N) is 3. The average molecular weight is 327 g/mol. The first-order valence-corrected chi connectivity index (χ1v) is 8.67. The van der Waals surface area contributed by atoms with E-state index in [0.29, 0.717) is 6.04 Å². The largest absolute Gasteiger partial charge is 0.372 e. The van der Waals surface area contributed by atoms with Gasteiger partial charge in [0, 0.05) is 36.6 Å². The van der Waals surface area contributed by atoms with E-state index >= 15 is 0 Å². The van der Waals surface area contributed by atoms with E-state index in [9.17, 15) is 0 Å². The lowest BCUT2D eigenvalue weighted by Gasteiger charge is -2.22. The quantitative estimate of drug-likeness (QED) is 0.784. The van der Waals surface area contributed by atoms with Gasteiger partial charge in [-0.15, -0.1) is 0 Å². The fraction of sp³-hybridized carbons (Fsp3) is 0.474. The van der Waals surface area contributed by atoms with Gasteiger partial charge in [0.25, 0.3) is 0 Å². The maximum atomic E-state index is 4.49. The van der Waals surface area contributed by atoms with Crippen LogP contribution >= 0.6 is 0 Å². The Morgan fingerprint density at radius 1 is 1.00 bits per heavy atom. The summed E-state index contributed by atoms with van der Waals surface area (Å²) in [5.74, 6) is 2.40. The molecule has 1 aromatic carbocycles. The molecule has 2 rings (SSSR count). The van der Waals surface area contributed by atoms with Gasteiger partial charge in [-0.05, 0) is 65.3 Å². The Kier molecular flexibility index (Phi) is 6.01. The van der Waals surface area contributed by atoms with Gasteiger partial charge in [-0.1, -0.05) is 0 Å². The van der Waals surface area contributed by atoms with Crippen LogP contribution in [-0.2, 0) is 0 Å². The van der Waals surface area contributed by atoms with Gasteiger partial charge in [-0.25, -0.2) is 9.97 Å². The lowest BCUT2D eigenvalue weighted by molar-refractivity contribution is 0.865. The Balaban J connectivity index is 2.23. The van der Waals surface area contributed by atoms with Gasteiger partial charge in [0.15, 0.2) is 0 Å². The van der Waals surface area contributed by atoms with Gasteiger partial charge in [0.05, 0.1) is 0 Å². The minimum Gasteiger partial charge on any atom is -0.372 e. The van der Waals surface area contributed by atoms with Crippen molar-refractivity contribution in [1.82, 2.24) is 9.97 Å². The van der Waals surface area contributed by atoms with E-state index in [2.05, 4.69) is 78.3 Å². The molecule has 0 radical (unpaired) electrons. The van der Waals surface area contributed by atoms with E-state index in [-0.39, 0.29) is 0 Å². The Morgan fingerprint density at radius 2 is 1.67 bits per heavy atom. The zero-order valence-corrected chi connectivity index (χ0v) is 15.6. The summed E-state index contributed by atoms with van der Waals surface area (Å²) in [7, 11) is 0. The first-order valence-electron chi connectivity index (χ1n) is 8.67. The van der Waals surface area contributed by atoms with Crippen molar-refractivity contribution in [2.24, 2.45) is 0 Å². The van der Waals surface area contributed by atoms with Crippen molar-refractivity contribution in [1.29, 1.82) is 0 Å². The molecular weight excluding hydrogens is 298 g/mol. The molecule has 1 aromatic heterocycles. The van der Waals surface area contributed by atoms with Gasteiger partial charge >= 0.3 is 0 Å². The highest BCUT2D eigenvalue weighted by Gasteiger charge is 2.08. The highest BCUT2D eigenvalue weighted by molar-refractivity contribution is 5.66. The molecule has 0 unspecified atom stereocenters. The van der Waals surface area contributed by atoms with E-state index in [4.69, 9.17) is 0 Å². The zero-order chi connectivity index (χ0) is 17.7. The van der Waals surface area contributed by atoms with Crippen LogP contribution < -0.4 is 15.5 Å². The van der Waals surface area contributed by atoms with Crippen LogP contribution in [0.2, 0.25) is 0 Å². The van der Waals surface area contributed by atoms with Gasteiger partial charge in [-0.2, -0.15) is 0 Å². The molecule has 0 saturated heterocycles. The first-order chi connectivity index (χ1) is 11.4. The summed E-state index contributed by atoms with van der Waals surface area (Å²) < 4.78 is 0. The summed E-state index contributed by atoms with van der Waals surface area (Å²) in [6.45, 7) is 14.6. The number of aromatic nitrogens is 2. The van der Waals surface area contributed by atoms with E-state index in [0.717, 1.165) is 36.2 Å². The molecule has 2 N–H and O–H groups in total. The van der Waals surface area contributed by atoms with Crippen LogP contribution in [0.1, 0.15) is 39.1 Å². The van der Waals surface area contributed by atoms with E-state index < -0.39 is 0 Å². The second-order valence-corrected chi connectivity index (χ2v) is 6.28. The molecule has 0 spiro atoms. The third-order valence-electron chi connectivity index (χ3n) is 3.88. The van der Waals surface area contributed by atoms with Gasteiger partial charge < -0.3 is 15.5 Å². The SMILES string of the molecule is CCN(CC)c1ccc(Nc2cc(NC(C)C)nc(C)n2)c(C)c1. The van der Waals surface area contributed by atoms with Gasteiger partial charge in [0.1, 0.15) is 17.5 Å². The normalized spacial score (nSPS) is 10.8. The Hall–Kier alpha value is -2.30. The monoisotopic (exact) mass is 327 g/mol. The molecule has 1 heterocycles. The summed E-state index contributed by atoms with van der Waals surface area (Å²) in [4.78, 5) is 11.3. The summed E-state index contributed by atoms with van der Waals surface area (Å²) in [5.41, 5.74) is 3.53. The minimum absolute atomic E-state index is 0.335. The number of nitrogens with one attached hydrogen (secondary N) is 2. The Morgan fingerprint density at radius 3 is 2.25 bits per heavy atom. The van der Waals surface area contributed by atoms with Crippen molar-refractivity contribution in [2.75, 3.05) is 28.6 Å². The van der Waals surface area contributed by atoms with E-state index in [1.807, 2.05) is 13.0 Å². The molecular formula is C19H29N5. The number of anilines is 4. The molecule has 0 atom stereocenters. The number of rotatable bonds is 7. The third kappa shape index (κ3) is 4.60. The fourth-order valence-electron chi connectivity index (χ4n) is 2.71. The summed E-state index contributed by atoms with van der Waals surface area (Å²) in [6.07, 6.45) is 0. The molecule has 24 heavy (non-hydrogen) atoms. The third-order valence-corrected chi connectivity index (χ3v) is 3.88. The maximum absolute atomic E-state index is 4.49. The van der Waals surface area contributed by atoms with Crippen molar-refractivity contribution in [3.63, 3.8) is 0 Å². The predicted octanol–water partition coefficient (Wildman–Crippen LogP) is 4.50. The molecule has 0 saturated carbocycles. The van der Waals surface area contributed by atoms with Crippen molar-refractivity contribution in [3.8, 4) is 0 Å². The summed E-state index contributed by atoms with van der Waals surface area (Å²) in [5, 5.41) is 6.75. The van der Waals surface area contributed by atoms with Crippen LogP contribution in [0.25, 0.3) is 0 Å². The second-order valence-electron chi connectivity index (χ2n) is 6.28. The number of aryl methyl sites for hydroxylation is 2. The molecule has 0 amide bonds. The molecule has 5 nitrogen and oxygen atoms in total. The van der Waals surface area contributed by atoms with Crippen LogP contribution in [0.15, 0.2) is 24.3 Å². The molecule has 0 bridgehead atoms. The molecule has 130 valence electrons. The number of benzene rings is 1. The topological polar surface area (TPSA) is 53.1 Å². The van der Waals surface area contributed by atoms with E-state index in [1.165, 1.54) is 11.3 Å². The first kappa shape index (κ1) is 18.0. The smallest absolute Gasteiger partial charge is 0.136 e. The van der Waals surface area contributed by atoms with Gasteiger partial charge in [0.2, 0.25) is 0 Å². The molecule has 5 heteroatoms. The molecule has 0 fully saturated rings. The van der Waals surface area contributed by atoms with Crippen LogP contribution in [0, 0.1) is 13.8 Å². The molecule has 0 aliphatic carbocycles. The Labute approximate surface area is 145 Å². The average Bonchev–Trinajstić information content (AvgIpc) is 2.50. The van der Waals surface area contributed by atoms with Crippen LogP contribution in [-0.4, -0.2) is 29.1 Å². The molecule has 2 aromatic rings. The van der Waals surface area contributed by atoms with Crippen molar-refractivity contribution < 1.29 is 0 Å². The lowest BCUT2D eigenvalue weighted by Crippen LogP contribution is -2.21. The highest BCUT2D eigenvalue weighted by Crippen LogP contribution is 2.25. The zero-order valence-electron chi connectivity index (χ0n) is 15.6. The lowest BCUT2D eigenvalue weighted by atomic mass is 10.1. The Bertz CT molecular complexity index is 677. The van der Waals surface area contributed by atoms with Crippen LogP contribution in [0.5, 0.6) is 0 Å².